The van der Waals surface area contributed by atoms with Gasteiger partial charge in [0.15, 0.2) is 6.61 Å². The lowest BCUT2D eigenvalue weighted by Crippen LogP contribution is -2.38. The highest BCUT2D eigenvalue weighted by Crippen LogP contribution is 2.47. The van der Waals surface area contributed by atoms with Crippen LogP contribution in [-0.4, -0.2) is 35.4 Å². The molecule has 3 aromatic carbocycles. The van der Waals surface area contributed by atoms with Gasteiger partial charge in [-0.2, -0.15) is 0 Å². The number of hydrogen-bond donors (Lipinski definition) is 2. The van der Waals surface area contributed by atoms with Crippen LogP contribution in [0, 0.1) is 0 Å². The summed E-state index contributed by atoms with van der Waals surface area (Å²) in [7, 11) is 0. The molecule has 0 spiro atoms. The Bertz CT molecular complexity index is 1190. The molecule has 158 valence electrons. The van der Waals surface area contributed by atoms with Crippen LogP contribution in [0.1, 0.15) is 24.0 Å². The van der Waals surface area contributed by atoms with Crippen LogP contribution in [0.5, 0.6) is 5.75 Å². The van der Waals surface area contributed by atoms with Crippen LogP contribution in [0.3, 0.4) is 0 Å². The van der Waals surface area contributed by atoms with Crippen LogP contribution in [0.2, 0.25) is 0 Å². The van der Waals surface area contributed by atoms with Gasteiger partial charge in [0.1, 0.15) is 5.75 Å². The van der Waals surface area contributed by atoms with Gasteiger partial charge >= 0.3 is 5.97 Å². The van der Waals surface area contributed by atoms with Crippen molar-refractivity contribution in [2.45, 2.75) is 25.4 Å². The van der Waals surface area contributed by atoms with Gasteiger partial charge in [0.2, 0.25) is 5.78 Å². The molecule has 3 N–H and O–H groups in total. The van der Waals surface area contributed by atoms with Gasteiger partial charge in [-0.25, -0.2) is 4.79 Å². The number of benzene rings is 3. The summed E-state index contributed by atoms with van der Waals surface area (Å²) in [6, 6.07) is 19.0. The molecule has 0 bridgehead atoms. The van der Waals surface area contributed by atoms with Crippen LogP contribution < -0.4 is 15.4 Å². The van der Waals surface area contributed by atoms with E-state index in [0.717, 1.165) is 22.0 Å². The van der Waals surface area contributed by atoms with Crippen molar-refractivity contribution in [3.8, 4) is 5.75 Å². The smallest absolute Gasteiger partial charge is 0.341 e. The zero-order valence-corrected chi connectivity index (χ0v) is 16.9. The topological polar surface area (TPSA) is 110 Å². The maximum Gasteiger partial charge on any atom is 0.341 e. The van der Waals surface area contributed by atoms with Gasteiger partial charge in [0.05, 0.1) is 5.92 Å². The molecule has 0 saturated heterocycles. The normalized spacial score (nSPS) is 17.4. The Morgan fingerprint density at radius 3 is 2.48 bits per heavy atom. The minimum Gasteiger partial charge on any atom is -0.482 e. The van der Waals surface area contributed by atoms with Crippen LogP contribution in [0.4, 0.5) is 5.69 Å². The van der Waals surface area contributed by atoms with E-state index in [2.05, 4.69) is 6.07 Å². The van der Waals surface area contributed by atoms with E-state index in [0.29, 0.717) is 12.1 Å². The molecule has 7 heteroatoms. The minimum absolute atomic E-state index is 0.271. The van der Waals surface area contributed by atoms with E-state index in [1.807, 2.05) is 54.3 Å². The van der Waals surface area contributed by atoms with Crippen molar-refractivity contribution in [1.82, 2.24) is 0 Å². The zero-order chi connectivity index (χ0) is 22.1. The molecule has 1 amide bonds. The number of carboxylic acid groups (broad SMARTS) is 1. The van der Waals surface area contributed by atoms with Crippen molar-refractivity contribution in [3.05, 3.63) is 71.8 Å². The number of hydrogen-bond acceptors (Lipinski definition) is 5. The molecule has 0 aromatic heterocycles. The molecule has 0 saturated carbocycles. The van der Waals surface area contributed by atoms with Gasteiger partial charge < -0.3 is 20.5 Å². The Kier molecular flexibility index (Phi) is 5.33. The first-order valence-corrected chi connectivity index (χ1v) is 9.92. The SMILES string of the molecule is CC1C(C(=O)C(N)=O)c2c(OCC(=O)O)cccc2N1Cc1ccc2ccccc2c1. The number of fused-ring (bicyclic) bond motifs is 2. The predicted octanol–water partition coefficient (Wildman–Crippen LogP) is 2.85. The standard InChI is InChI=1S/C24H22N2O5/c1-14-21(23(29)24(25)30)22-18(7-4-8-19(22)31-13-20(27)28)26(14)12-15-9-10-16-5-2-3-6-17(16)11-15/h2-11,14,21H,12-13H2,1H3,(H2,25,30)(H,27,28). The molecule has 4 rings (SSSR count). The highest BCUT2D eigenvalue weighted by molar-refractivity contribution is 6.38. The lowest BCUT2D eigenvalue weighted by Gasteiger charge is -2.27. The van der Waals surface area contributed by atoms with E-state index in [9.17, 15) is 14.4 Å². The number of nitrogens with zero attached hydrogens (tertiary/aromatic N) is 1. The first-order chi connectivity index (χ1) is 14.9. The largest absolute Gasteiger partial charge is 0.482 e. The summed E-state index contributed by atoms with van der Waals surface area (Å²) in [5.41, 5.74) is 7.59. The van der Waals surface area contributed by atoms with E-state index in [1.54, 1.807) is 12.1 Å². The lowest BCUT2D eigenvalue weighted by atomic mass is 9.90. The Hall–Kier alpha value is -3.87. The van der Waals surface area contributed by atoms with E-state index in [4.69, 9.17) is 15.6 Å². The van der Waals surface area contributed by atoms with Gasteiger partial charge in [0.25, 0.3) is 5.91 Å². The maximum atomic E-state index is 12.7. The Morgan fingerprint density at radius 2 is 1.77 bits per heavy atom. The third kappa shape index (κ3) is 3.82. The summed E-state index contributed by atoms with van der Waals surface area (Å²) < 4.78 is 5.44. The summed E-state index contributed by atoms with van der Waals surface area (Å²) in [6.45, 7) is 1.81. The maximum absolute atomic E-state index is 12.7. The fourth-order valence-electron chi connectivity index (χ4n) is 4.27. The highest BCUT2D eigenvalue weighted by atomic mass is 16.5. The molecule has 3 aromatic rings. The molecule has 0 aliphatic carbocycles. The van der Waals surface area contributed by atoms with Gasteiger partial charge in [-0.1, -0.05) is 42.5 Å². The third-order valence-electron chi connectivity index (χ3n) is 5.68. The van der Waals surface area contributed by atoms with Crippen LogP contribution in [0.25, 0.3) is 10.8 Å². The monoisotopic (exact) mass is 418 g/mol. The number of carbonyl (C=O) groups is 3. The second-order valence-electron chi connectivity index (χ2n) is 7.63. The fourth-order valence-corrected chi connectivity index (χ4v) is 4.27. The average Bonchev–Trinajstić information content (AvgIpc) is 3.03. The number of carbonyl (C=O) groups excluding carboxylic acids is 2. The molecule has 1 heterocycles. The number of nitrogens with two attached hydrogens (primary N) is 1. The molecule has 0 fully saturated rings. The number of anilines is 1. The Labute approximate surface area is 179 Å². The van der Waals surface area contributed by atoms with E-state index >= 15 is 0 Å². The quantitative estimate of drug-likeness (QED) is 0.571. The number of carboxylic acids is 1. The molecule has 1 aliphatic rings. The molecule has 1 aliphatic heterocycles. The Morgan fingerprint density at radius 1 is 1.03 bits per heavy atom. The van der Waals surface area contributed by atoms with Gasteiger partial charge in [-0.15, -0.1) is 0 Å². The van der Waals surface area contributed by atoms with E-state index in [1.165, 1.54) is 0 Å². The lowest BCUT2D eigenvalue weighted by molar-refractivity contribution is -0.139. The number of Topliss-reactive ketones (excluding diaryl/α,β-unsaturated/α-hetero) is 1. The number of primary amides is 1. The van der Waals surface area contributed by atoms with Crippen molar-refractivity contribution in [3.63, 3.8) is 0 Å². The van der Waals surface area contributed by atoms with Gasteiger partial charge in [-0.3, -0.25) is 9.59 Å². The van der Waals surface area contributed by atoms with Crippen LogP contribution in [-0.2, 0) is 20.9 Å². The number of ether oxygens (including phenoxy) is 1. The average molecular weight is 418 g/mol. The van der Waals surface area contributed by atoms with Crippen molar-refractivity contribution in [2.75, 3.05) is 11.5 Å². The van der Waals surface area contributed by atoms with E-state index < -0.39 is 30.2 Å². The summed E-state index contributed by atoms with van der Waals surface area (Å²) in [4.78, 5) is 37.5. The summed E-state index contributed by atoms with van der Waals surface area (Å²) in [5, 5.41) is 11.2. The van der Waals surface area contributed by atoms with Gasteiger partial charge in [-0.05, 0) is 41.5 Å². The number of amides is 1. The predicted molar refractivity (Wildman–Crippen MR) is 116 cm³/mol. The summed E-state index contributed by atoms with van der Waals surface area (Å²) in [5.74, 6) is -3.44. The fraction of sp³-hybridized carbons (Fsp3) is 0.208. The van der Waals surface area contributed by atoms with Crippen molar-refractivity contribution in [2.24, 2.45) is 5.73 Å². The molecule has 31 heavy (non-hydrogen) atoms. The van der Waals surface area contributed by atoms with Crippen molar-refractivity contribution in [1.29, 1.82) is 0 Å². The van der Waals surface area contributed by atoms with Crippen LogP contribution >= 0.6 is 0 Å². The molecule has 0 radical (unpaired) electrons. The van der Waals surface area contributed by atoms with Crippen molar-refractivity contribution < 1.29 is 24.2 Å². The summed E-state index contributed by atoms with van der Waals surface area (Å²) >= 11 is 0. The second kappa shape index (κ2) is 8.10. The second-order valence-corrected chi connectivity index (χ2v) is 7.63. The zero-order valence-electron chi connectivity index (χ0n) is 16.9. The minimum atomic E-state index is -1.13. The van der Waals surface area contributed by atoms with Crippen LogP contribution in [0.15, 0.2) is 60.7 Å². The molecular formula is C24H22N2O5. The number of aliphatic carboxylic acids is 1. The molecule has 2 unspecified atom stereocenters. The third-order valence-corrected chi connectivity index (χ3v) is 5.68. The molecule has 2 atom stereocenters. The number of rotatable bonds is 7. The summed E-state index contributed by atoms with van der Waals surface area (Å²) in [6.07, 6.45) is 0. The number of ketones is 1. The highest BCUT2D eigenvalue weighted by Gasteiger charge is 2.43. The van der Waals surface area contributed by atoms with Gasteiger partial charge in [0, 0.05) is 23.8 Å². The first-order valence-electron chi connectivity index (χ1n) is 9.92. The first kappa shape index (κ1) is 20.4. The molecule has 7 nitrogen and oxygen atoms in total. The Balaban J connectivity index is 1.75. The van der Waals surface area contributed by atoms with Crippen molar-refractivity contribution >= 4 is 34.1 Å². The molecular weight excluding hydrogens is 396 g/mol. The van der Waals surface area contributed by atoms with E-state index in [-0.39, 0.29) is 11.8 Å².